The van der Waals surface area contributed by atoms with Crippen molar-refractivity contribution >= 4 is 63.0 Å². The summed E-state index contributed by atoms with van der Waals surface area (Å²) in [5, 5.41) is 5.10. The lowest BCUT2D eigenvalue weighted by molar-refractivity contribution is 1.07. The molecule has 3 nitrogen and oxygen atoms in total. The molecule has 0 fully saturated rings. The van der Waals surface area contributed by atoms with E-state index in [0.717, 1.165) is 22.3 Å². The summed E-state index contributed by atoms with van der Waals surface area (Å²) in [5.74, 6) is 1.97. The van der Waals surface area contributed by atoms with E-state index in [-0.39, 0.29) is 0 Å². The maximum absolute atomic E-state index is 5.08. The highest BCUT2D eigenvalue weighted by Crippen LogP contribution is 2.45. The Morgan fingerprint density at radius 3 is 1.46 bits per heavy atom. The van der Waals surface area contributed by atoms with Gasteiger partial charge in [-0.1, -0.05) is 152 Å². The summed E-state index contributed by atoms with van der Waals surface area (Å²) < 4.78 is 5.09. The number of fused-ring (bicyclic) bond motifs is 6. The molecule has 0 unspecified atom stereocenters. The van der Waals surface area contributed by atoms with E-state index in [4.69, 9.17) is 15.0 Å². The lowest BCUT2D eigenvalue weighted by Crippen LogP contribution is -2.00. The molecule has 0 bridgehead atoms. The van der Waals surface area contributed by atoms with Crippen LogP contribution in [-0.2, 0) is 0 Å². The Kier molecular flexibility index (Phi) is 7.87. The van der Waals surface area contributed by atoms with Gasteiger partial charge in [-0.2, -0.15) is 0 Å². The van der Waals surface area contributed by atoms with Gasteiger partial charge in [0.05, 0.1) is 0 Å². The van der Waals surface area contributed by atoms with Crippen LogP contribution in [0.5, 0.6) is 0 Å². The third-order valence-corrected chi connectivity index (χ3v) is 12.9. The van der Waals surface area contributed by atoms with Crippen molar-refractivity contribution in [3.63, 3.8) is 0 Å². The quantitative estimate of drug-likeness (QED) is 0.170. The molecule has 0 atom stereocenters. The van der Waals surface area contributed by atoms with E-state index >= 15 is 0 Å². The summed E-state index contributed by atoms with van der Waals surface area (Å²) in [6.45, 7) is 0. The normalized spacial score (nSPS) is 11.6. The molecular weight excluding hydrogens is 719 g/mol. The number of rotatable bonds is 6. The fourth-order valence-electron chi connectivity index (χ4n) is 7.72. The Bertz CT molecular complexity index is 3220. The van der Waals surface area contributed by atoms with Crippen molar-refractivity contribution < 1.29 is 0 Å². The van der Waals surface area contributed by atoms with Crippen molar-refractivity contribution in [1.29, 1.82) is 0 Å². The molecule has 262 valence electrons. The second-order valence-electron chi connectivity index (χ2n) is 14.0. The first kappa shape index (κ1) is 32.6. The third-order valence-electron chi connectivity index (χ3n) is 10.5. The van der Waals surface area contributed by atoms with E-state index in [1.165, 1.54) is 68.2 Å². The fourth-order valence-corrected chi connectivity index (χ4v) is 10.1. The largest absolute Gasteiger partial charge is 0.208 e. The summed E-state index contributed by atoms with van der Waals surface area (Å²) in [6.07, 6.45) is 0. The topological polar surface area (TPSA) is 38.7 Å². The molecule has 11 aromatic rings. The minimum atomic E-state index is 0.653. The van der Waals surface area contributed by atoms with Crippen LogP contribution in [-0.4, -0.2) is 15.0 Å². The van der Waals surface area contributed by atoms with Gasteiger partial charge in [0.25, 0.3) is 0 Å². The summed E-state index contributed by atoms with van der Waals surface area (Å²) in [5.41, 5.74) is 10.2. The molecule has 0 saturated heterocycles. The fraction of sp³-hybridized carbons (Fsp3) is 0. The predicted octanol–water partition coefficient (Wildman–Crippen LogP) is 14.6. The van der Waals surface area contributed by atoms with Crippen LogP contribution in [0.4, 0.5) is 0 Å². The molecule has 0 amide bonds. The molecule has 56 heavy (non-hydrogen) atoms. The van der Waals surface area contributed by atoms with Crippen molar-refractivity contribution in [3.8, 4) is 67.5 Å². The SMILES string of the molecule is c1ccc(-c2ccc(-c3nc(-c4ccccc4)nc(-c4ccc5c(c4)sc4ccc(-c6cc(-c7ccccc7)cc7c6sc6ccccc67)cc45)n3)cc2)cc1. The van der Waals surface area contributed by atoms with Gasteiger partial charge in [-0.05, 0) is 64.2 Å². The van der Waals surface area contributed by atoms with Crippen molar-refractivity contribution in [3.05, 3.63) is 188 Å². The van der Waals surface area contributed by atoms with Crippen LogP contribution in [0.15, 0.2) is 188 Å². The lowest BCUT2D eigenvalue weighted by Gasteiger charge is -2.10. The molecule has 0 aliphatic carbocycles. The number of nitrogens with zero attached hydrogens (tertiary/aromatic N) is 3. The second-order valence-corrected chi connectivity index (χ2v) is 16.1. The van der Waals surface area contributed by atoms with Gasteiger partial charge in [0.15, 0.2) is 17.5 Å². The average Bonchev–Trinajstić information content (AvgIpc) is 3.84. The van der Waals surface area contributed by atoms with Crippen molar-refractivity contribution in [1.82, 2.24) is 15.0 Å². The van der Waals surface area contributed by atoms with Gasteiger partial charge in [0, 0.05) is 62.6 Å². The Balaban J connectivity index is 1.02. The van der Waals surface area contributed by atoms with Gasteiger partial charge < -0.3 is 0 Å². The molecule has 3 heterocycles. The summed E-state index contributed by atoms with van der Waals surface area (Å²) in [6, 6.07) is 66.9. The first-order valence-electron chi connectivity index (χ1n) is 18.7. The molecule has 0 radical (unpaired) electrons. The molecule has 0 N–H and O–H groups in total. The van der Waals surface area contributed by atoms with Crippen LogP contribution in [0.1, 0.15) is 0 Å². The van der Waals surface area contributed by atoms with Gasteiger partial charge >= 0.3 is 0 Å². The molecule has 11 rings (SSSR count). The van der Waals surface area contributed by atoms with Crippen molar-refractivity contribution in [2.24, 2.45) is 0 Å². The number of benzene rings is 8. The van der Waals surface area contributed by atoms with Crippen LogP contribution in [0.2, 0.25) is 0 Å². The van der Waals surface area contributed by atoms with E-state index in [1.54, 1.807) is 0 Å². The Hall–Kier alpha value is -6.79. The van der Waals surface area contributed by atoms with Crippen LogP contribution in [0.3, 0.4) is 0 Å². The van der Waals surface area contributed by atoms with Gasteiger partial charge in [-0.25, -0.2) is 15.0 Å². The standard InChI is InChI=1S/C51H31N3S2/c1-4-12-32(13-5-1)34-20-22-36(23-21-34)50-52-49(35-16-8-3-9-17-35)53-51(54-50)38-24-26-41-43-28-37(25-27-46(43)55-47(41)31-38)42-29-39(33-14-6-2-7-15-33)30-44-40-18-10-11-19-45(40)56-48(42)44/h1-31H. The summed E-state index contributed by atoms with van der Waals surface area (Å²) >= 11 is 3.69. The maximum atomic E-state index is 5.08. The zero-order valence-electron chi connectivity index (χ0n) is 30.1. The number of hydrogen-bond donors (Lipinski definition) is 0. The highest BCUT2D eigenvalue weighted by Gasteiger charge is 2.17. The summed E-state index contributed by atoms with van der Waals surface area (Å²) in [4.78, 5) is 15.1. The Morgan fingerprint density at radius 2 is 0.750 bits per heavy atom. The number of thiophene rings is 2. The molecule has 0 aliphatic heterocycles. The highest BCUT2D eigenvalue weighted by atomic mass is 32.1. The predicted molar refractivity (Wildman–Crippen MR) is 238 cm³/mol. The summed E-state index contributed by atoms with van der Waals surface area (Å²) in [7, 11) is 0. The van der Waals surface area contributed by atoms with Crippen molar-refractivity contribution in [2.45, 2.75) is 0 Å². The van der Waals surface area contributed by atoms with E-state index in [9.17, 15) is 0 Å². The van der Waals surface area contributed by atoms with Crippen LogP contribution >= 0.6 is 22.7 Å². The van der Waals surface area contributed by atoms with E-state index < -0.39 is 0 Å². The molecule has 5 heteroatoms. The molecule has 3 aromatic heterocycles. The molecule has 8 aromatic carbocycles. The first-order chi connectivity index (χ1) is 27.7. The van der Waals surface area contributed by atoms with E-state index in [2.05, 4.69) is 164 Å². The molecular formula is C51H31N3S2. The number of hydrogen-bond acceptors (Lipinski definition) is 5. The Labute approximate surface area is 331 Å². The minimum Gasteiger partial charge on any atom is -0.208 e. The molecule has 0 spiro atoms. The molecule has 0 aliphatic rings. The lowest BCUT2D eigenvalue weighted by atomic mass is 9.95. The zero-order chi connectivity index (χ0) is 37.0. The van der Waals surface area contributed by atoms with Gasteiger partial charge in [0.2, 0.25) is 0 Å². The van der Waals surface area contributed by atoms with Crippen LogP contribution in [0.25, 0.3) is 108 Å². The van der Waals surface area contributed by atoms with Crippen LogP contribution < -0.4 is 0 Å². The van der Waals surface area contributed by atoms with Gasteiger partial charge in [0.1, 0.15) is 0 Å². The van der Waals surface area contributed by atoms with E-state index in [0.29, 0.717) is 17.5 Å². The minimum absolute atomic E-state index is 0.653. The van der Waals surface area contributed by atoms with Crippen LogP contribution in [0, 0.1) is 0 Å². The van der Waals surface area contributed by atoms with Gasteiger partial charge in [-0.3, -0.25) is 0 Å². The first-order valence-corrected chi connectivity index (χ1v) is 20.3. The Morgan fingerprint density at radius 1 is 0.268 bits per heavy atom. The highest BCUT2D eigenvalue weighted by molar-refractivity contribution is 7.26. The van der Waals surface area contributed by atoms with Crippen molar-refractivity contribution in [2.75, 3.05) is 0 Å². The average molecular weight is 750 g/mol. The monoisotopic (exact) mass is 749 g/mol. The smallest absolute Gasteiger partial charge is 0.164 e. The maximum Gasteiger partial charge on any atom is 0.164 e. The molecule has 0 saturated carbocycles. The zero-order valence-corrected chi connectivity index (χ0v) is 31.7. The van der Waals surface area contributed by atoms with E-state index in [1.807, 2.05) is 46.9 Å². The number of aromatic nitrogens is 3. The third kappa shape index (κ3) is 5.77. The van der Waals surface area contributed by atoms with Gasteiger partial charge in [-0.15, -0.1) is 22.7 Å². The second kappa shape index (κ2) is 13.5.